The van der Waals surface area contributed by atoms with Crippen LogP contribution in [0.15, 0.2) is 30.7 Å². The quantitative estimate of drug-likeness (QED) is 0.863. The van der Waals surface area contributed by atoms with Crippen molar-refractivity contribution < 1.29 is 18.0 Å². The van der Waals surface area contributed by atoms with E-state index in [1.54, 1.807) is 6.07 Å². The second-order valence-corrected chi connectivity index (χ2v) is 3.63. The van der Waals surface area contributed by atoms with E-state index >= 15 is 0 Å². The largest absolute Gasteiger partial charge is 0.346 e. The monoisotopic (exact) mass is 267 g/mol. The molecule has 0 aliphatic rings. The minimum absolute atomic E-state index is 0.0276. The maximum Gasteiger partial charge on any atom is 0.254 e. The van der Waals surface area contributed by atoms with Crippen molar-refractivity contribution in [2.45, 2.75) is 6.54 Å². The Balaban J connectivity index is 2.10. The van der Waals surface area contributed by atoms with Gasteiger partial charge >= 0.3 is 0 Å². The Morgan fingerprint density at radius 3 is 2.58 bits per heavy atom. The second-order valence-electron chi connectivity index (χ2n) is 3.63. The Kier molecular flexibility index (Phi) is 3.74. The van der Waals surface area contributed by atoms with Crippen LogP contribution in [0.5, 0.6) is 0 Å². The number of aromatic nitrogens is 2. The molecule has 0 spiro atoms. The molecule has 0 bridgehead atoms. The number of benzene rings is 1. The molecule has 1 amide bonds. The number of carbonyl (C=O) groups is 1. The van der Waals surface area contributed by atoms with Crippen LogP contribution in [0, 0.1) is 17.5 Å². The van der Waals surface area contributed by atoms with Crippen LogP contribution < -0.4 is 5.32 Å². The summed E-state index contributed by atoms with van der Waals surface area (Å²) in [4.78, 5) is 19.2. The SMILES string of the molecule is O=C(NCc1ccncn1)c1cc(F)c(F)cc1F. The third-order valence-corrected chi connectivity index (χ3v) is 2.33. The predicted octanol–water partition coefficient (Wildman–Crippen LogP) is 1.82. The molecule has 0 aliphatic carbocycles. The van der Waals surface area contributed by atoms with Crippen LogP contribution in [0.25, 0.3) is 0 Å². The molecule has 2 rings (SSSR count). The summed E-state index contributed by atoms with van der Waals surface area (Å²) in [5.74, 6) is -4.60. The minimum Gasteiger partial charge on any atom is -0.346 e. The molecular weight excluding hydrogens is 259 g/mol. The van der Waals surface area contributed by atoms with Crippen molar-refractivity contribution in [1.82, 2.24) is 15.3 Å². The third kappa shape index (κ3) is 3.06. The Hall–Kier alpha value is -2.44. The number of nitrogens with one attached hydrogen (secondary N) is 1. The zero-order valence-corrected chi connectivity index (χ0v) is 9.53. The molecule has 0 fully saturated rings. The van der Waals surface area contributed by atoms with E-state index in [2.05, 4.69) is 15.3 Å². The highest BCUT2D eigenvalue weighted by Gasteiger charge is 2.16. The number of rotatable bonds is 3. The van der Waals surface area contributed by atoms with Crippen LogP contribution in [0.4, 0.5) is 13.2 Å². The highest BCUT2D eigenvalue weighted by Crippen LogP contribution is 2.13. The van der Waals surface area contributed by atoms with E-state index in [0.717, 1.165) is 0 Å². The minimum atomic E-state index is -1.34. The van der Waals surface area contributed by atoms with E-state index in [9.17, 15) is 18.0 Å². The number of halogens is 3. The van der Waals surface area contributed by atoms with E-state index in [1.165, 1.54) is 12.5 Å². The third-order valence-electron chi connectivity index (χ3n) is 2.33. The van der Waals surface area contributed by atoms with E-state index in [4.69, 9.17) is 0 Å². The van der Waals surface area contributed by atoms with Gasteiger partial charge in [0.05, 0.1) is 17.8 Å². The molecule has 0 radical (unpaired) electrons. The van der Waals surface area contributed by atoms with Gasteiger partial charge in [-0.2, -0.15) is 0 Å². The number of hydrogen-bond donors (Lipinski definition) is 1. The maximum absolute atomic E-state index is 13.3. The first-order chi connectivity index (χ1) is 9.08. The van der Waals surface area contributed by atoms with Crippen molar-refractivity contribution in [3.8, 4) is 0 Å². The number of nitrogens with zero attached hydrogens (tertiary/aromatic N) is 2. The summed E-state index contributed by atoms with van der Waals surface area (Å²) in [6.45, 7) is 0.0276. The summed E-state index contributed by atoms with van der Waals surface area (Å²) in [7, 11) is 0. The van der Waals surface area contributed by atoms with Gasteiger partial charge in [-0.15, -0.1) is 0 Å². The molecule has 7 heteroatoms. The molecule has 19 heavy (non-hydrogen) atoms. The van der Waals surface area contributed by atoms with Crippen LogP contribution >= 0.6 is 0 Å². The maximum atomic E-state index is 13.3. The fourth-order valence-electron chi connectivity index (χ4n) is 1.39. The summed E-state index contributed by atoms with van der Waals surface area (Å²) in [5.41, 5.74) is -0.0562. The van der Waals surface area contributed by atoms with E-state index in [-0.39, 0.29) is 6.54 Å². The van der Waals surface area contributed by atoms with E-state index in [0.29, 0.717) is 17.8 Å². The first-order valence-electron chi connectivity index (χ1n) is 5.25. The number of hydrogen-bond acceptors (Lipinski definition) is 3. The van der Waals surface area contributed by atoms with Gasteiger partial charge in [0.2, 0.25) is 0 Å². The van der Waals surface area contributed by atoms with Gasteiger partial charge in [-0.05, 0) is 12.1 Å². The van der Waals surface area contributed by atoms with Crippen LogP contribution in [0.2, 0.25) is 0 Å². The van der Waals surface area contributed by atoms with Gasteiger partial charge in [-0.25, -0.2) is 23.1 Å². The lowest BCUT2D eigenvalue weighted by Crippen LogP contribution is -2.24. The molecule has 0 saturated heterocycles. The highest BCUT2D eigenvalue weighted by atomic mass is 19.2. The van der Waals surface area contributed by atoms with Crippen molar-refractivity contribution in [2.24, 2.45) is 0 Å². The lowest BCUT2D eigenvalue weighted by atomic mass is 10.2. The lowest BCUT2D eigenvalue weighted by Gasteiger charge is -2.06. The van der Waals surface area contributed by atoms with Gasteiger partial charge in [0.15, 0.2) is 11.6 Å². The smallest absolute Gasteiger partial charge is 0.254 e. The molecule has 2 aromatic rings. The molecule has 0 atom stereocenters. The van der Waals surface area contributed by atoms with Gasteiger partial charge in [-0.3, -0.25) is 4.79 Å². The van der Waals surface area contributed by atoms with Crippen molar-refractivity contribution in [2.75, 3.05) is 0 Å². The molecule has 1 N–H and O–H groups in total. The van der Waals surface area contributed by atoms with Gasteiger partial charge in [0, 0.05) is 12.3 Å². The number of carbonyl (C=O) groups excluding carboxylic acids is 1. The topological polar surface area (TPSA) is 54.9 Å². The van der Waals surface area contributed by atoms with Crippen molar-refractivity contribution >= 4 is 5.91 Å². The average molecular weight is 267 g/mol. The van der Waals surface area contributed by atoms with Gasteiger partial charge < -0.3 is 5.32 Å². The first kappa shape index (κ1) is 13.0. The van der Waals surface area contributed by atoms with Crippen molar-refractivity contribution in [1.29, 1.82) is 0 Å². The van der Waals surface area contributed by atoms with Gasteiger partial charge in [0.1, 0.15) is 12.1 Å². The van der Waals surface area contributed by atoms with E-state index in [1.807, 2.05) is 0 Å². The first-order valence-corrected chi connectivity index (χ1v) is 5.25. The van der Waals surface area contributed by atoms with Crippen molar-refractivity contribution in [3.05, 3.63) is 59.4 Å². The molecule has 1 aromatic heterocycles. The summed E-state index contributed by atoms with van der Waals surface area (Å²) in [6, 6.07) is 2.40. The molecule has 0 unspecified atom stereocenters. The normalized spacial score (nSPS) is 10.3. The second kappa shape index (κ2) is 5.47. The highest BCUT2D eigenvalue weighted by molar-refractivity contribution is 5.94. The summed E-state index contributed by atoms with van der Waals surface area (Å²) >= 11 is 0. The lowest BCUT2D eigenvalue weighted by molar-refractivity contribution is 0.0945. The number of amides is 1. The molecular formula is C12H8F3N3O. The zero-order valence-electron chi connectivity index (χ0n) is 9.53. The van der Waals surface area contributed by atoms with Crippen LogP contribution in [0.3, 0.4) is 0 Å². The van der Waals surface area contributed by atoms with Gasteiger partial charge in [-0.1, -0.05) is 0 Å². The Labute approximate surface area is 106 Å². The molecule has 98 valence electrons. The van der Waals surface area contributed by atoms with Crippen LogP contribution in [0.1, 0.15) is 16.1 Å². The predicted molar refractivity (Wildman–Crippen MR) is 59.5 cm³/mol. The molecule has 0 saturated carbocycles. The summed E-state index contributed by atoms with van der Waals surface area (Å²) in [5, 5.41) is 2.34. The Morgan fingerprint density at radius 1 is 1.16 bits per heavy atom. The van der Waals surface area contributed by atoms with Gasteiger partial charge in [0.25, 0.3) is 5.91 Å². The Bertz CT molecular complexity index is 605. The average Bonchev–Trinajstić information content (AvgIpc) is 2.41. The van der Waals surface area contributed by atoms with Crippen LogP contribution in [-0.4, -0.2) is 15.9 Å². The Morgan fingerprint density at radius 2 is 1.89 bits per heavy atom. The summed E-state index contributed by atoms with van der Waals surface area (Å²) < 4.78 is 39.0. The standard InChI is InChI=1S/C12H8F3N3O/c13-9-4-11(15)10(14)3-8(9)12(19)17-5-7-1-2-16-6-18-7/h1-4,6H,5H2,(H,17,19). The fourth-order valence-corrected chi connectivity index (χ4v) is 1.39. The molecule has 1 heterocycles. The molecule has 0 aliphatic heterocycles. The fraction of sp³-hybridized carbons (Fsp3) is 0.0833. The summed E-state index contributed by atoms with van der Waals surface area (Å²) in [6.07, 6.45) is 2.77. The van der Waals surface area contributed by atoms with Crippen LogP contribution in [-0.2, 0) is 6.54 Å². The molecule has 1 aromatic carbocycles. The molecule has 4 nitrogen and oxygen atoms in total. The van der Waals surface area contributed by atoms with Crippen molar-refractivity contribution in [3.63, 3.8) is 0 Å². The van der Waals surface area contributed by atoms with E-state index < -0.39 is 28.9 Å². The zero-order chi connectivity index (χ0) is 13.8.